The molecule has 0 aromatic rings. The molecule has 1 aliphatic heterocycles. The van der Waals surface area contributed by atoms with E-state index in [-0.39, 0.29) is 11.9 Å². The van der Waals surface area contributed by atoms with Crippen molar-refractivity contribution < 1.29 is 4.79 Å². The molecule has 3 unspecified atom stereocenters. The quantitative estimate of drug-likeness (QED) is 0.728. The van der Waals surface area contributed by atoms with Crippen molar-refractivity contribution in [3.8, 4) is 0 Å². The first-order valence-corrected chi connectivity index (χ1v) is 6.86. The largest absolute Gasteiger partial charge is 0.368 e. The molecule has 4 nitrogen and oxygen atoms in total. The van der Waals surface area contributed by atoms with Crippen LogP contribution >= 0.6 is 0 Å². The highest BCUT2D eigenvalue weighted by atomic mass is 16.1. The van der Waals surface area contributed by atoms with Crippen LogP contribution in [0.2, 0.25) is 0 Å². The van der Waals surface area contributed by atoms with Crippen LogP contribution in [0.5, 0.6) is 0 Å². The number of hydrogen-bond donors (Lipinski definition) is 2. The molecule has 1 fully saturated rings. The molecule has 0 radical (unpaired) electrons. The van der Waals surface area contributed by atoms with Crippen molar-refractivity contribution in [3.05, 3.63) is 0 Å². The lowest BCUT2D eigenvalue weighted by Crippen LogP contribution is -2.54. The Balaban J connectivity index is 2.47. The van der Waals surface area contributed by atoms with E-state index in [9.17, 15) is 4.79 Å². The molecule has 0 aliphatic carbocycles. The third-order valence-electron chi connectivity index (χ3n) is 3.75. The maximum absolute atomic E-state index is 11.4. The molecule has 3 atom stereocenters. The Morgan fingerprint density at radius 1 is 1.53 bits per heavy atom. The Kier molecular flexibility index (Phi) is 5.92. The summed E-state index contributed by atoms with van der Waals surface area (Å²) in [6, 6.07) is 0.515. The lowest BCUT2D eigenvalue weighted by atomic mass is 9.92. The highest BCUT2D eigenvalue weighted by Gasteiger charge is 2.30. The monoisotopic (exact) mass is 241 g/mol. The Morgan fingerprint density at radius 3 is 2.71 bits per heavy atom. The van der Waals surface area contributed by atoms with Crippen molar-refractivity contribution in [1.82, 2.24) is 10.2 Å². The Bertz CT molecular complexity index is 245. The molecule has 17 heavy (non-hydrogen) atoms. The molecule has 1 saturated heterocycles. The zero-order valence-electron chi connectivity index (χ0n) is 11.4. The number of hydrogen-bond acceptors (Lipinski definition) is 3. The summed E-state index contributed by atoms with van der Waals surface area (Å²) in [6.07, 6.45) is 3.10. The van der Waals surface area contributed by atoms with Crippen molar-refractivity contribution >= 4 is 5.91 Å². The van der Waals surface area contributed by atoms with Crippen LogP contribution in [0.3, 0.4) is 0 Å². The SMILES string of the molecule is CCCNC1CCN(C(CC)C(N)=O)CC1C. The summed E-state index contributed by atoms with van der Waals surface area (Å²) in [7, 11) is 0. The maximum atomic E-state index is 11.4. The Hall–Kier alpha value is -0.610. The minimum Gasteiger partial charge on any atom is -0.368 e. The van der Waals surface area contributed by atoms with E-state index in [1.807, 2.05) is 6.92 Å². The second-order valence-corrected chi connectivity index (χ2v) is 5.15. The first-order valence-electron chi connectivity index (χ1n) is 6.86. The van der Waals surface area contributed by atoms with Crippen LogP contribution in [0.15, 0.2) is 0 Å². The van der Waals surface area contributed by atoms with E-state index < -0.39 is 0 Å². The lowest BCUT2D eigenvalue weighted by Gasteiger charge is -2.40. The molecule has 1 heterocycles. The zero-order valence-corrected chi connectivity index (χ0v) is 11.4. The normalized spacial score (nSPS) is 27.9. The first-order chi connectivity index (χ1) is 8.10. The Morgan fingerprint density at radius 2 is 2.24 bits per heavy atom. The average molecular weight is 241 g/mol. The fraction of sp³-hybridized carbons (Fsp3) is 0.923. The lowest BCUT2D eigenvalue weighted by molar-refractivity contribution is -0.124. The van der Waals surface area contributed by atoms with E-state index in [0.29, 0.717) is 12.0 Å². The van der Waals surface area contributed by atoms with Gasteiger partial charge in [0.25, 0.3) is 0 Å². The number of carbonyl (C=O) groups excluding carboxylic acids is 1. The van der Waals surface area contributed by atoms with Gasteiger partial charge in [-0.1, -0.05) is 20.8 Å². The van der Waals surface area contributed by atoms with Crippen molar-refractivity contribution in [3.63, 3.8) is 0 Å². The topological polar surface area (TPSA) is 58.4 Å². The Labute approximate surface area is 105 Å². The maximum Gasteiger partial charge on any atom is 0.234 e. The third-order valence-corrected chi connectivity index (χ3v) is 3.75. The fourth-order valence-corrected chi connectivity index (χ4v) is 2.73. The van der Waals surface area contributed by atoms with Crippen LogP contribution in [0.25, 0.3) is 0 Å². The smallest absolute Gasteiger partial charge is 0.234 e. The highest BCUT2D eigenvalue weighted by Crippen LogP contribution is 2.19. The van der Waals surface area contributed by atoms with Gasteiger partial charge >= 0.3 is 0 Å². The molecule has 100 valence electrons. The second-order valence-electron chi connectivity index (χ2n) is 5.15. The molecular formula is C13H27N3O. The van der Waals surface area contributed by atoms with Gasteiger partial charge in [-0.2, -0.15) is 0 Å². The van der Waals surface area contributed by atoms with E-state index in [0.717, 1.165) is 32.5 Å². The van der Waals surface area contributed by atoms with Crippen LogP contribution < -0.4 is 11.1 Å². The van der Waals surface area contributed by atoms with Crippen LogP contribution in [-0.2, 0) is 4.79 Å². The van der Waals surface area contributed by atoms with Gasteiger partial charge in [0.05, 0.1) is 6.04 Å². The minimum atomic E-state index is -0.181. The van der Waals surface area contributed by atoms with Gasteiger partial charge in [0, 0.05) is 19.1 Å². The number of nitrogens with two attached hydrogens (primary N) is 1. The molecule has 0 saturated carbocycles. The zero-order chi connectivity index (χ0) is 12.8. The van der Waals surface area contributed by atoms with Crippen molar-refractivity contribution in [1.29, 1.82) is 0 Å². The summed E-state index contributed by atoms with van der Waals surface area (Å²) >= 11 is 0. The summed E-state index contributed by atoms with van der Waals surface area (Å²) in [4.78, 5) is 13.6. The first kappa shape index (κ1) is 14.5. The summed E-state index contributed by atoms with van der Waals surface area (Å²) in [5.41, 5.74) is 5.44. The minimum absolute atomic E-state index is 0.0791. The number of carbonyl (C=O) groups is 1. The summed E-state index contributed by atoms with van der Waals surface area (Å²) in [6.45, 7) is 9.51. The van der Waals surface area contributed by atoms with Gasteiger partial charge in [-0.3, -0.25) is 9.69 Å². The third kappa shape index (κ3) is 3.96. The molecular weight excluding hydrogens is 214 g/mol. The van der Waals surface area contributed by atoms with Gasteiger partial charge in [-0.05, 0) is 31.7 Å². The van der Waals surface area contributed by atoms with E-state index in [2.05, 4.69) is 24.1 Å². The highest BCUT2D eigenvalue weighted by molar-refractivity contribution is 5.79. The molecule has 0 spiro atoms. The average Bonchev–Trinajstić information content (AvgIpc) is 2.28. The molecule has 1 amide bonds. The van der Waals surface area contributed by atoms with Gasteiger partial charge < -0.3 is 11.1 Å². The van der Waals surface area contributed by atoms with Crippen LogP contribution in [0, 0.1) is 5.92 Å². The number of piperidine rings is 1. The van der Waals surface area contributed by atoms with E-state index >= 15 is 0 Å². The number of amides is 1. The molecule has 0 aromatic carbocycles. The van der Waals surface area contributed by atoms with Gasteiger partial charge in [-0.25, -0.2) is 0 Å². The molecule has 1 rings (SSSR count). The second kappa shape index (κ2) is 6.97. The van der Waals surface area contributed by atoms with Crippen molar-refractivity contribution in [2.24, 2.45) is 11.7 Å². The van der Waals surface area contributed by atoms with Crippen LogP contribution in [-0.4, -0.2) is 42.5 Å². The van der Waals surface area contributed by atoms with E-state index in [4.69, 9.17) is 5.73 Å². The van der Waals surface area contributed by atoms with Crippen molar-refractivity contribution in [2.45, 2.75) is 52.1 Å². The van der Waals surface area contributed by atoms with Gasteiger partial charge in [-0.15, -0.1) is 0 Å². The summed E-state index contributed by atoms with van der Waals surface area (Å²) in [5, 5.41) is 3.58. The van der Waals surface area contributed by atoms with Crippen LogP contribution in [0.4, 0.5) is 0 Å². The van der Waals surface area contributed by atoms with E-state index in [1.54, 1.807) is 0 Å². The summed E-state index contributed by atoms with van der Waals surface area (Å²) < 4.78 is 0. The fourth-order valence-electron chi connectivity index (χ4n) is 2.73. The molecule has 0 bridgehead atoms. The van der Waals surface area contributed by atoms with Gasteiger partial charge in [0.2, 0.25) is 5.91 Å². The van der Waals surface area contributed by atoms with Crippen LogP contribution in [0.1, 0.15) is 40.0 Å². The summed E-state index contributed by atoms with van der Waals surface area (Å²) in [5.74, 6) is 0.406. The predicted octanol–water partition coefficient (Wildman–Crippen LogP) is 0.960. The number of nitrogens with one attached hydrogen (secondary N) is 1. The molecule has 4 heteroatoms. The van der Waals surface area contributed by atoms with E-state index in [1.165, 1.54) is 6.42 Å². The standard InChI is InChI=1S/C13H27N3O/c1-4-7-15-11-6-8-16(9-10(11)3)12(5-2)13(14)17/h10-12,15H,4-9H2,1-3H3,(H2,14,17). The molecule has 3 N–H and O–H groups in total. The van der Waals surface area contributed by atoms with Crippen molar-refractivity contribution in [2.75, 3.05) is 19.6 Å². The molecule has 1 aliphatic rings. The number of rotatable bonds is 6. The number of likely N-dealkylation sites (tertiary alicyclic amines) is 1. The number of primary amides is 1. The number of nitrogens with zero attached hydrogens (tertiary/aromatic N) is 1. The van der Waals surface area contributed by atoms with Gasteiger partial charge in [0.1, 0.15) is 0 Å². The van der Waals surface area contributed by atoms with Gasteiger partial charge in [0.15, 0.2) is 0 Å². The predicted molar refractivity (Wildman–Crippen MR) is 70.7 cm³/mol. The molecule has 0 aromatic heterocycles.